The average molecular weight is 310 g/mol. The number of aromatic hydroxyl groups is 1. The summed E-state index contributed by atoms with van der Waals surface area (Å²) in [6.45, 7) is 0.757. The third-order valence-electron chi connectivity index (χ3n) is 3.33. The monoisotopic (exact) mass is 310 g/mol. The first kappa shape index (κ1) is 15.1. The van der Waals surface area contributed by atoms with Gasteiger partial charge in [0, 0.05) is 30.3 Å². The van der Waals surface area contributed by atoms with E-state index >= 15 is 0 Å². The third-order valence-corrected chi connectivity index (χ3v) is 3.33. The fraction of sp³-hybridized carbons (Fsp3) is 0.176. The number of phenolic OH excluding ortho intramolecular Hbond substituents is 1. The number of aromatic nitrogens is 2. The molecule has 0 unspecified atom stereocenters. The van der Waals surface area contributed by atoms with Crippen LogP contribution in [-0.2, 0) is 0 Å². The lowest BCUT2D eigenvalue weighted by atomic mass is 10.2. The van der Waals surface area contributed by atoms with Crippen LogP contribution in [0.2, 0.25) is 0 Å². The number of hydrogen-bond donors (Lipinski definition) is 4. The average Bonchev–Trinajstić information content (AvgIpc) is 2.55. The van der Waals surface area contributed by atoms with Gasteiger partial charge < -0.3 is 20.8 Å². The number of phenols is 1. The van der Waals surface area contributed by atoms with Gasteiger partial charge in [-0.15, -0.1) is 0 Å². The maximum Gasteiger partial charge on any atom is 0.229 e. The summed E-state index contributed by atoms with van der Waals surface area (Å²) in [5, 5.41) is 25.7. The van der Waals surface area contributed by atoms with Crippen molar-refractivity contribution in [3.8, 4) is 5.75 Å². The highest BCUT2D eigenvalue weighted by molar-refractivity contribution is 5.90. The summed E-state index contributed by atoms with van der Waals surface area (Å²) >= 11 is 0. The van der Waals surface area contributed by atoms with Crippen LogP contribution in [0.3, 0.4) is 0 Å². The number of anilines is 3. The number of para-hydroxylation sites is 1. The van der Waals surface area contributed by atoms with E-state index in [2.05, 4.69) is 20.6 Å². The number of aliphatic hydroxyl groups is 1. The van der Waals surface area contributed by atoms with Crippen molar-refractivity contribution in [2.24, 2.45) is 0 Å². The van der Waals surface area contributed by atoms with Crippen LogP contribution in [0.5, 0.6) is 5.75 Å². The van der Waals surface area contributed by atoms with Gasteiger partial charge in [-0.25, -0.2) is 4.98 Å². The van der Waals surface area contributed by atoms with Crippen molar-refractivity contribution in [1.29, 1.82) is 0 Å². The van der Waals surface area contributed by atoms with Gasteiger partial charge >= 0.3 is 0 Å². The van der Waals surface area contributed by atoms with Crippen molar-refractivity contribution in [1.82, 2.24) is 9.97 Å². The molecule has 3 aromatic rings. The molecule has 0 spiro atoms. The molecule has 0 aliphatic heterocycles. The minimum atomic E-state index is 0.129. The number of nitrogens with zero attached hydrogens (tertiary/aromatic N) is 2. The minimum absolute atomic E-state index is 0.129. The van der Waals surface area contributed by atoms with Crippen LogP contribution in [0.15, 0.2) is 48.5 Å². The van der Waals surface area contributed by atoms with Gasteiger partial charge in [0.1, 0.15) is 11.6 Å². The predicted molar refractivity (Wildman–Crippen MR) is 91.1 cm³/mol. The molecule has 0 atom stereocenters. The quantitative estimate of drug-likeness (QED) is 0.523. The second kappa shape index (κ2) is 6.93. The van der Waals surface area contributed by atoms with E-state index in [0.717, 1.165) is 10.9 Å². The lowest BCUT2D eigenvalue weighted by Gasteiger charge is -2.11. The number of benzene rings is 2. The SMILES string of the molecule is OCCCNc1nc(Nc2cccc(O)c2)nc2ccccc12. The van der Waals surface area contributed by atoms with Crippen LogP contribution in [0.1, 0.15) is 6.42 Å². The van der Waals surface area contributed by atoms with Gasteiger partial charge in [0.2, 0.25) is 5.95 Å². The summed E-state index contributed by atoms with van der Waals surface area (Å²) in [5.74, 6) is 1.34. The Morgan fingerprint density at radius 1 is 1.00 bits per heavy atom. The zero-order valence-corrected chi connectivity index (χ0v) is 12.5. The maximum atomic E-state index is 9.54. The zero-order valence-electron chi connectivity index (χ0n) is 12.5. The van der Waals surface area contributed by atoms with Crippen molar-refractivity contribution < 1.29 is 10.2 Å². The number of fused-ring (bicyclic) bond motifs is 1. The molecular formula is C17H18N4O2. The van der Waals surface area contributed by atoms with Crippen molar-refractivity contribution in [2.75, 3.05) is 23.8 Å². The van der Waals surface area contributed by atoms with Gasteiger partial charge in [-0.3, -0.25) is 0 Å². The highest BCUT2D eigenvalue weighted by Gasteiger charge is 2.07. The second-order valence-electron chi connectivity index (χ2n) is 5.09. The van der Waals surface area contributed by atoms with Crippen molar-refractivity contribution in [2.45, 2.75) is 6.42 Å². The van der Waals surface area contributed by atoms with Gasteiger partial charge in [-0.05, 0) is 30.7 Å². The Morgan fingerprint density at radius 3 is 2.70 bits per heavy atom. The molecule has 0 aliphatic carbocycles. The molecule has 0 amide bonds. The Bertz CT molecular complexity index is 807. The number of aliphatic hydroxyl groups excluding tert-OH is 1. The van der Waals surface area contributed by atoms with E-state index in [1.54, 1.807) is 18.2 Å². The van der Waals surface area contributed by atoms with Crippen LogP contribution in [-0.4, -0.2) is 33.3 Å². The molecule has 118 valence electrons. The summed E-state index contributed by atoms with van der Waals surface area (Å²) in [4.78, 5) is 9.00. The van der Waals surface area contributed by atoms with Crippen LogP contribution < -0.4 is 10.6 Å². The van der Waals surface area contributed by atoms with E-state index in [-0.39, 0.29) is 12.4 Å². The predicted octanol–water partition coefficient (Wildman–Crippen LogP) is 2.87. The fourth-order valence-corrected chi connectivity index (χ4v) is 2.27. The molecule has 23 heavy (non-hydrogen) atoms. The van der Waals surface area contributed by atoms with Crippen molar-refractivity contribution in [3.63, 3.8) is 0 Å². The highest BCUT2D eigenvalue weighted by atomic mass is 16.3. The Morgan fingerprint density at radius 2 is 1.87 bits per heavy atom. The second-order valence-corrected chi connectivity index (χ2v) is 5.09. The number of nitrogens with one attached hydrogen (secondary N) is 2. The van der Waals surface area contributed by atoms with E-state index in [0.29, 0.717) is 30.4 Å². The Kier molecular flexibility index (Phi) is 4.54. The van der Waals surface area contributed by atoms with E-state index in [4.69, 9.17) is 5.11 Å². The summed E-state index contributed by atoms with van der Waals surface area (Å²) in [5.41, 5.74) is 1.53. The molecule has 0 fully saturated rings. The van der Waals surface area contributed by atoms with Crippen LogP contribution in [0.25, 0.3) is 10.9 Å². The first-order valence-electron chi connectivity index (χ1n) is 7.44. The van der Waals surface area contributed by atoms with Crippen LogP contribution in [0.4, 0.5) is 17.5 Å². The summed E-state index contributed by atoms with van der Waals surface area (Å²) in [6.07, 6.45) is 0.646. The summed E-state index contributed by atoms with van der Waals surface area (Å²) in [6, 6.07) is 14.5. The molecule has 0 radical (unpaired) electrons. The number of hydrogen-bond acceptors (Lipinski definition) is 6. The zero-order chi connectivity index (χ0) is 16.1. The Labute approximate surface area is 133 Å². The molecule has 3 rings (SSSR count). The standard InChI is InChI=1S/C17H18N4O2/c22-10-4-9-18-16-14-7-1-2-8-15(14)20-17(21-16)19-12-5-3-6-13(23)11-12/h1-3,5-8,11,22-23H,4,9-10H2,(H2,18,19,20,21). The first-order chi connectivity index (χ1) is 11.3. The van der Waals surface area contributed by atoms with E-state index < -0.39 is 0 Å². The topological polar surface area (TPSA) is 90.3 Å². The molecule has 0 aliphatic rings. The molecule has 0 saturated heterocycles. The molecule has 4 N–H and O–H groups in total. The number of rotatable bonds is 6. The Hall–Kier alpha value is -2.86. The van der Waals surface area contributed by atoms with Gasteiger partial charge in [0.25, 0.3) is 0 Å². The molecule has 6 heteroatoms. The van der Waals surface area contributed by atoms with Crippen LogP contribution >= 0.6 is 0 Å². The Balaban J connectivity index is 1.93. The minimum Gasteiger partial charge on any atom is -0.508 e. The smallest absolute Gasteiger partial charge is 0.229 e. The lowest BCUT2D eigenvalue weighted by molar-refractivity contribution is 0.292. The summed E-state index contributed by atoms with van der Waals surface area (Å²) < 4.78 is 0. The van der Waals surface area contributed by atoms with Crippen LogP contribution in [0, 0.1) is 0 Å². The van der Waals surface area contributed by atoms with Gasteiger partial charge in [-0.2, -0.15) is 4.98 Å². The third kappa shape index (κ3) is 3.67. The van der Waals surface area contributed by atoms with Gasteiger partial charge in [-0.1, -0.05) is 18.2 Å². The summed E-state index contributed by atoms with van der Waals surface area (Å²) in [7, 11) is 0. The molecule has 0 bridgehead atoms. The molecule has 0 saturated carbocycles. The first-order valence-corrected chi connectivity index (χ1v) is 7.44. The highest BCUT2D eigenvalue weighted by Crippen LogP contribution is 2.24. The molecular weight excluding hydrogens is 292 g/mol. The van der Waals surface area contributed by atoms with E-state index in [1.165, 1.54) is 0 Å². The van der Waals surface area contributed by atoms with Crippen molar-refractivity contribution >= 4 is 28.4 Å². The van der Waals surface area contributed by atoms with E-state index in [9.17, 15) is 5.11 Å². The molecule has 1 heterocycles. The van der Waals surface area contributed by atoms with E-state index in [1.807, 2.05) is 30.3 Å². The van der Waals surface area contributed by atoms with Gasteiger partial charge in [0.15, 0.2) is 0 Å². The largest absolute Gasteiger partial charge is 0.508 e. The van der Waals surface area contributed by atoms with Gasteiger partial charge in [0.05, 0.1) is 5.52 Å². The normalized spacial score (nSPS) is 10.7. The molecule has 1 aromatic heterocycles. The maximum absolute atomic E-state index is 9.54. The molecule has 6 nitrogen and oxygen atoms in total. The van der Waals surface area contributed by atoms with Crippen molar-refractivity contribution in [3.05, 3.63) is 48.5 Å². The molecule has 2 aromatic carbocycles. The fourth-order valence-electron chi connectivity index (χ4n) is 2.27. The lowest BCUT2D eigenvalue weighted by Crippen LogP contribution is -2.08.